The number of aromatic nitrogens is 2. The molecule has 0 radical (unpaired) electrons. The summed E-state index contributed by atoms with van der Waals surface area (Å²) in [4.78, 5) is 14.1. The molecule has 1 fully saturated rings. The van der Waals surface area contributed by atoms with E-state index in [4.69, 9.17) is 16.0 Å². The van der Waals surface area contributed by atoms with Crippen molar-refractivity contribution in [1.29, 1.82) is 0 Å². The van der Waals surface area contributed by atoms with Crippen LogP contribution in [0.3, 0.4) is 0 Å². The molecule has 1 amide bonds. The predicted octanol–water partition coefficient (Wildman–Crippen LogP) is 2.55. The lowest BCUT2D eigenvalue weighted by Gasteiger charge is -2.31. The van der Waals surface area contributed by atoms with Crippen LogP contribution in [0.4, 0.5) is 0 Å². The van der Waals surface area contributed by atoms with E-state index >= 15 is 0 Å². The van der Waals surface area contributed by atoms with Gasteiger partial charge in [0.15, 0.2) is 0 Å². The molecule has 2 heterocycles. The molecule has 1 atom stereocenters. The van der Waals surface area contributed by atoms with E-state index in [1.165, 1.54) is 0 Å². The first-order chi connectivity index (χ1) is 11.7. The third-order valence-electron chi connectivity index (χ3n) is 4.24. The summed E-state index contributed by atoms with van der Waals surface area (Å²) >= 11 is 5.86. The fourth-order valence-electron chi connectivity index (χ4n) is 2.88. The van der Waals surface area contributed by atoms with Gasteiger partial charge in [0.05, 0.1) is 0 Å². The molecule has 0 saturated carbocycles. The van der Waals surface area contributed by atoms with Crippen molar-refractivity contribution < 1.29 is 14.3 Å². The average Bonchev–Trinajstić information content (AvgIpc) is 3.09. The standard InChI is InChI=1S/C17H20ClN3O3/c18-14-5-3-13(4-6-14)17-20-19-15(24-17)7-8-16(23)21-9-1-2-12(10-21)11-22/h3-6,12,22H,1-2,7-11H2. The zero-order chi connectivity index (χ0) is 16.9. The summed E-state index contributed by atoms with van der Waals surface area (Å²) in [6.45, 7) is 1.53. The van der Waals surface area contributed by atoms with E-state index < -0.39 is 0 Å². The topological polar surface area (TPSA) is 79.5 Å². The van der Waals surface area contributed by atoms with Gasteiger partial charge in [-0.1, -0.05) is 11.6 Å². The Morgan fingerprint density at radius 3 is 2.88 bits per heavy atom. The molecule has 1 aliphatic rings. The van der Waals surface area contributed by atoms with Crippen molar-refractivity contribution >= 4 is 17.5 Å². The quantitative estimate of drug-likeness (QED) is 0.897. The number of aliphatic hydroxyl groups excluding tert-OH is 1. The average molecular weight is 350 g/mol. The maximum absolute atomic E-state index is 12.3. The molecule has 0 spiro atoms. The molecule has 1 aliphatic heterocycles. The fraction of sp³-hybridized carbons (Fsp3) is 0.471. The molecule has 0 bridgehead atoms. The number of hydrogen-bond donors (Lipinski definition) is 1. The summed E-state index contributed by atoms with van der Waals surface area (Å²) in [5, 5.41) is 17.9. The lowest BCUT2D eigenvalue weighted by Crippen LogP contribution is -2.41. The molecule has 24 heavy (non-hydrogen) atoms. The lowest BCUT2D eigenvalue weighted by molar-refractivity contribution is -0.133. The van der Waals surface area contributed by atoms with Crippen LogP contribution in [-0.4, -0.2) is 45.8 Å². The summed E-state index contributed by atoms with van der Waals surface area (Å²) in [6.07, 6.45) is 2.67. The molecule has 7 heteroatoms. The van der Waals surface area contributed by atoms with Crippen molar-refractivity contribution in [3.63, 3.8) is 0 Å². The first-order valence-electron chi connectivity index (χ1n) is 8.12. The van der Waals surface area contributed by atoms with E-state index in [0.29, 0.717) is 36.2 Å². The molecule has 2 aromatic rings. The van der Waals surface area contributed by atoms with Gasteiger partial charge in [-0.25, -0.2) is 0 Å². The van der Waals surface area contributed by atoms with Gasteiger partial charge in [-0.3, -0.25) is 4.79 Å². The number of likely N-dealkylation sites (tertiary alicyclic amines) is 1. The number of carbonyl (C=O) groups is 1. The van der Waals surface area contributed by atoms with Crippen molar-refractivity contribution in [2.24, 2.45) is 5.92 Å². The summed E-state index contributed by atoms with van der Waals surface area (Å²) in [7, 11) is 0. The van der Waals surface area contributed by atoms with E-state index in [0.717, 1.165) is 24.9 Å². The highest BCUT2D eigenvalue weighted by Crippen LogP contribution is 2.21. The monoisotopic (exact) mass is 349 g/mol. The summed E-state index contributed by atoms with van der Waals surface area (Å²) in [5.74, 6) is 1.14. The minimum atomic E-state index is 0.0689. The van der Waals surface area contributed by atoms with Crippen molar-refractivity contribution in [2.45, 2.75) is 25.7 Å². The van der Waals surface area contributed by atoms with E-state index in [-0.39, 0.29) is 18.4 Å². The summed E-state index contributed by atoms with van der Waals surface area (Å²) < 4.78 is 5.61. The number of benzene rings is 1. The largest absolute Gasteiger partial charge is 0.421 e. The van der Waals surface area contributed by atoms with Gasteiger partial charge in [-0.05, 0) is 43.0 Å². The van der Waals surface area contributed by atoms with Gasteiger partial charge < -0.3 is 14.4 Å². The molecule has 1 saturated heterocycles. The van der Waals surface area contributed by atoms with Gasteiger partial charge in [0, 0.05) is 43.1 Å². The first kappa shape index (κ1) is 16.9. The summed E-state index contributed by atoms with van der Waals surface area (Å²) in [5.41, 5.74) is 0.797. The highest BCUT2D eigenvalue weighted by molar-refractivity contribution is 6.30. The van der Waals surface area contributed by atoms with Crippen LogP contribution in [0.1, 0.15) is 25.2 Å². The van der Waals surface area contributed by atoms with Crippen molar-refractivity contribution in [2.75, 3.05) is 19.7 Å². The van der Waals surface area contributed by atoms with Crippen LogP contribution in [0.15, 0.2) is 28.7 Å². The van der Waals surface area contributed by atoms with Gasteiger partial charge in [0.2, 0.25) is 17.7 Å². The molecular formula is C17H20ClN3O3. The van der Waals surface area contributed by atoms with Crippen LogP contribution in [0.2, 0.25) is 5.02 Å². The molecule has 6 nitrogen and oxygen atoms in total. The molecular weight excluding hydrogens is 330 g/mol. The van der Waals surface area contributed by atoms with Crippen molar-refractivity contribution in [1.82, 2.24) is 15.1 Å². The number of hydrogen-bond acceptors (Lipinski definition) is 5. The van der Waals surface area contributed by atoms with Crippen molar-refractivity contribution in [3.05, 3.63) is 35.2 Å². The highest BCUT2D eigenvalue weighted by atomic mass is 35.5. The van der Waals surface area contributed by atoms with Crippen LogP contribution >= 0.6 is 11.6 Å². The molecule has 1 aromatic heterocycles. The zero-order valence-electron chi connectivity index (χ0n) is 13.3. The van der Waals surface area contributed by atoms with Gasteiger partial charge in [-0.2, -0.15) is 0 Å². The van der Waals surface area contributed by atoms with Crippen LogP contribution < -0.4 is 0 Å². The third-order valence-corrected chi connectivity index (χ3v) is 4.49. The maximum atomic E-state index is 12.3. The molecule has 1 N–H and O–H groups in total. The highest BCUT2D eigenvalue weighted by Gasteiger charge is 2.23. The third kappa shape index (κ3) is 4.13. The van der Waals surface area contributed by atoms with E-state index in [1.54, 1.807) is 12.1 Å². The number of amides is 1. The summed E-state index contributed by atoms with van der Waals surface area (Å²) in [6, 6.07) is 7.15. The number of rotatable bonds is 5. The Balaban J connectivity index is 1.55. The Bertz CT molecular complexity index is 687. The van der Waals surface area contributed by atoms with Gasteiger partial charge in [0.25, 0.3) is 0 Å². The minimum absolute atomic E-state index is 0.0689. The smallest absolute Gasteiger partial charge is 0.247 e. The second kappa shape index (κ2) is 7.77. The number of piperidine rings is 1. The molecule has 1 unspecified atom stereocenters. The number of nitrogens with zero attached hydrogens (tertiary/aromatic N) is 3. The van der Waals surface area contributed by atoms with Crippen LogP contribution in [0.25, 0.3) is 11.5 Å². The van der Waals surface area contributed by atoms with E-state index in [1.807, 2.05) is 17.0 Å². The lowest BCUT2D eigenvalue weighted by atomic mass is 9.99. The Hall–Kier alpha value is -1.92. The van der Waals surface area contributed by atoms with Gasteiger partial charge >= 0.3 is 0 Å². The number of halogens is 1. The molecule has 3 rings (SSSR count). The maximum Gasteiger partial charge on any atom is 0.247 e. The predicted molar refractivity (Wildman–Crippen MR) is 89.5 cm³/mol. The van der Waals surface area contributed by atoms with E-state index in [2.05, 4.69) is 10.2 Å². The van der Waals surface area contributed by atoms with Gasteiger partial charge in [0.1, 0.15) is 0 Å². The van der Waals surface area contributed by atoms with Crippen molar-refractivity contribution in [3.8, 4) is 11.5 Å². The Morgan fingerprint density at radius 1 is 1.33 bits per heavy atom. The minimum Gasteiger partial charge on any atom is -0.421 e. The molecule has 1 aromatic carbocycles. The fourth-order valence-corrected chi connectivity index (χ4v) is 3.00. The Morgan fingerprint density at radius 2 is 2.12 bits per heavy atom. The van der Waals surface area contributed by atoms with Crippen LogP contribution in [0.5, 0.6) is 0 Å². The zero-order valence-corrected chi connectivity index (χ0v) is 14.1. The van der Waals surface area contributed by atoms with Crippen LogP contribution in [-0.2, 0) is 11.2 Å². The van der Waals surface area contributed by atoms with Crippen LogP contribution in [0, 0.1) is 5.92 Å². The first-order valence-corrected chi connectivity index (χ1v) is 8.50. The number of aryl methyl sites for hydroxylation is 1. The Labute approximate surface area is 145 Å². The number of aliphatic hydroxyl groups is 1. The SMILES string of the molecule is O=C(CCc1nnc(-c2ccc(Cl)cc2)o1)N1CCCC(CO)C1. The second-order valence-corrected chi connectivity index (χ2v) is 6.47. The normalized spacial score (nSPS) is 17.9. The Kier molecular flexibility index (Phi) is 5.48. The molecule has 128 valence electrons. The number of carbonyl (C=O) groups excluding carboxylic acids is 1. The second-order valence-electron chi connectivity index (χ2n) is 6.04. The van der Waals surface area contributed by atoms with Gasteiger partial charge in [-0.15, -0.1) is 10.2 Å². The molecule has 0 aliphatic carbocycles. The van der Waals surface area contributed by atoms with E-state index in [9.17, 15) is 9.90 Å².